The molecule has 2 fully saturated rings. The summed E-state index contributed by atoms with van der Waals surface area (Å²) < 4.78 is 31.4. The molecule has 0 N–H and O–H groups in total. The van der Waals surface area contributed by atoms with Crippen LogP contribution in [0.15, 0.2) is 84.9 Å². The van der Waals surface area contributed by atoms with Crippen molar-refractivity contribution in [1.82, 2.24) is 0 Å². The van der Waals surface area contributed by atoms with Crippen LogP contribution in [0, 0.1) is 0 Å². The van der Waals surface area contributed by atoms with Crippen LogP contribution >= 0.6 is 0 Å². The van der Waals surface area contributed by atoms with Gasteiger partial charge in [-0.15, -0.1) is 0 Å². The molecular weight excluding hydrogens is 428 g/mol. The number of benzene rings is 4. The van der Waals surface area contributed by atoms with Crippen LogP contribution in [0.4, 0.5) is 0 Å². The molecule has 6 rings (SSSR count). The number of fused-ring (bicyclic) bond motifs is 3. The third-order valence-electron chi connectivity index (χ3n) is 6.85. The lowest BCUT2D eigenvalue weighted by molar-refractivity contribution is -0.270. The molecule has 174 valence electrons. The lowest BCUT2D eigenvalue weighted by Gasteiger charge is -2.40. The zero-order valence-electron chi connectivity index (χ0n) is 19.3. The highest BCUT2D eigenvalue weighted by atomic mass is 16.8. The molecule has 0 spiro atoms. The molecule has 2 saturated heterocycles. The smallest absolute Gasteiger partial charge is 0.186 e. The van der Waals surface area contributed by atoms with Crippen LogP contribution in [0.25, 0.3) is 21.5 Å². The van der Waals surface area contributed by atoms with Crippen LogP contribution in [-0.2, 0) is 30.3 Å². The molecule has 4 aromatic rings. The van der Waals surface area contributed by atoms with Gasteiger partial charge in [0.05, 0.1) is 12.7 Å². The van der Waals surface area contributed by atoms with Crippen molar-refractivity contribution in [2.75, 3.05) is 7.11 Å². The van der Waals surface area contributed by atoms with Crippen molar-refractivity contribution in [2.45, 2.75) is 50.5 Å². The molecule has 2 aliphatic rings. The second-order valence-corrected chi connectivity index (χ2v) is 8.97. The first-order valence-electron chi connectivity index (χ1n) is 11.8. The summed E-state index contributed by atoms with van der Waals surface area (Å²) in [5, 5.41) is 4.55. The van der Waals surface area contributed by atoms with Crippen molar-refractivity contribution in [3.8, 4) is 0 Å². The van der Waals surface area contributed by atoms with Gasteiger partial charge in [0.1, 0.15) is 18.3 Å². The number of hydrogen-bond donors (Lipinski definition) is 0. The Morgan fingerprint density at radius 1 is 0.735 bits per heavy atom. The maximum Gasteiger partial charge on any atom is 0.186 e. The van der Waals surface area contributed by atoms with Gasteiger partial charge in [0.15, 0.2) is 12.6 Å². The largest absolute Gasteiger partial charge is 0.368 e. The normalized spacial score (nSPS) is 28.9. The summed E-state index contributed by atoms with van der Waals surface area (Å²) in [6.07, 6.45) is -2.29. The van der Waals surface area contributed by atoms with E-state index in [1.807, 2.05) is 25.1 Å². The number of methoxy groups -OCH3 is 1. The highest BCUT2D eigenvalue weighted by molar-refractivity contribution is 6.02. The molecule has 2 aliphatic heterocycles. The van der Waals surface area contributed by atoms with E-state index in [0.29, 0.717) is 6.61 Å². The fourth-order valence-electron chi connectivity index (χ4n) is 5.21. The average Bonchev–Trinajstić information content (AvgIpc) is 3.31. The van der Waals surface area contributed by atoms with Gasteiger partial charge >= 0.3 is 0 Å². The molecule has 34 heavy (non-hydrogen) atoms. The minimum atomic E-state index is -0.555. The van der Waals surface area contributed by atoms with E-state index in [2.05, 4.69) is 66.7 Å². The molecule has 5 nitrogen and oxygen atoms in total. The minimum absolute atomic E-state index is 0.207. The number of rotatable bonds is 5. The van der Waals surface area contributed by atoms with E-state index in [1.54, 1.807) is 7.11 Å². The Morgan fingerprint density at radius 2 is 1.35 bits per heavy atom. The Hall–Kier alpha value is -2.80. The van der Waals surface area contributed by atoms with Gasteiger partial charge < -0.3 is 23.7 Å². The zero-order valence-corrected chi connectivity index (χ0v) is 19.3. The summed E-state index contributed by atoms with van der Waals surface area (Å²) in [6, 6.07) is 29.1. The van der Waals surface area contributed by atoms with Gasteiger partial charge in [0.2, 0.25) is 0 Å². The summed E-state index contributed by atoms with van der Waals surface area (Å²) >= 11 is 0. The van der Waals surface area contributed by atoms with Crippen molar-refractivity contribution in [2.24, 2.45) is 0 Å². The van der Waals surface area contributed by atoms with Crippen molar-refractivity contribution in [1.29, 1.82) is 0 Å². The van der Waals surface area contributed by atoms with E-state index in [9.17, 15) is 0 Å². The first-order valence-corrected chi connectivity index (χ1v) is 11.8. The van der Waals surface area contributed by atoms with E-state index in [0.717, 1.165) is 32.7 Å². The predicted molar refractivity (Wildman–Crippen MR) is 130 cm³/mol. The Balaban J connectivity index is 1.37. The molecule has 0 amide bonds. The first-order chi connectivity index (χ1) is 16.7. The Kier molecular flexibility index (Phi) is 5.81. The van der Waals surface area contributed by atoms with Crippen molar-refractivity contribution in [3.63, 3.8) is 0 Å². The van der Waals surface area contributed by atoms with Gasteiger partial charge in [-0.1, -0.05) is 78.9 Å². The molecule has 2 heterocycles. The van der Waals surface area contributed by atoms with E-state index < -0.39 is 18.7 Å². The van der Waals surface area contributed by atoms with Gasteiger partial charge in [0, 0.05) is 12.7 Å². The van der Waals surface area contributed by atoms with Gasteiger partial charge in [-0.3, -0.25) is 0 Å². The second kappa shape index (κ2) is 9.10. The Morgan fingerprint density at radius 3 is 2.03 bits per heavy atom. The maximum atomic E-state index is 6.66. The van der Waals surface area contributed by atoms with Crippen molar-refractivity contribution in [3.05, 3.63) is 96.1 Å². The lowest BCUT2D eigenvalue weighted by atomic mass is 9.96. The van der Waals surface area contributed by atoms with E-state index in [1.165, 1.54) is 0 Å². The Labute approximate surface area is 199 Å². The van der Waals surface area contributed by atoms with Crippen molar-refractivity contribution >= 4 is 21.5 Å². The predicted octanol–water partition coefficient (Wildman–Crippen LogP) is 5.75. The fourth-order valence-corrected chi connectivity index (χ4v) is 5.21. The van der Waals surface area contributed by atoms with Crippen LogP contribution in [0.5, 0.6) is 0 Å². The van der Waals surface area contributed by atoms with E-state index in [-0.39, 0.29) is 18.3 Å². The van der Waals surface area contributed by atoms with Crippen molar-refractivity contribution < 1.29 is 23.7 Å². The van der Waals surface area contributed by atoms with Crippen LogP contribution in [-0.4, -0.2) is 37.8 Å². The SMILES string of the molecule is CO[C@@H]1O[C@@H](C)[C@H](OCc2ccccc2)[C@H]2O[C@H](c3c4ccccc4cc4ccccc34)O[C@@H]12. The second-order valence-electron chi connectivity index (χ2n) is 8.97. The van der Waals surface area contributed by atoms with E-state index >= 15 is 0 Å². The molecule has 0 aliphatic carbocycles. The molecular formula is C29H28O5. The van der Waals surface area contributed by atoms with Crippen LogP contribution < -0.4 is 0 Å². The molecule has 5 heteroatoms. The molecule has 4 aromatic carbocycles. The third-order valence-corrected chi connectivity index (χ3v) is 6.85. The molecule has 0 bridgehead atoms. The Bertz CT molecular complexity index is 1240. The summed E-state index contributed by atoms with van der Waals surface area (Å²) in [6.45, 7) is 2.48. The monoisotopic (exact) mass is 456 g/mol. The van der Waals surface area contributed by atoms with Crippen LogP contribution in [0.3, 0.4) is 0 Å². The third kappa shape index (κ3) is 3.80. The summed E-state index contributed by atoms with van der Waals surface area (Å²) in [4.78, 5) is 0. The van der Waals surface area contributed by atoms with E-state index in [4.69, 9.17) is 23.7 Å². The molecule has 0 radical (unpaired) electrons. The maximum absolute atomic E-state index is 6.66. The molecule has 0 saturated carbocycles. The van der Waals surface area contributed by atoms with Gasteiger partial charge in [-0.05, 0) is 40.1 Å². The molecule has 0 aromatic heterocycles. The minimum Gasteiger partial charge on any atom is -0.368 e. The number of hydrogen-bond acceptors (Lipinski definition) is 5. The quantitative estimate of drug-likeness (QED) is 0.358. The van der Waals surface area contributed by atoms with Gasteiger partial charge in [-0.25, -0.2) is 0 Å². The highest BCUT2D eigenvalue weighted by Gasteiger charge is 2.53. The summed E-state index contributed by atoms with van der Waals surface area (Å²) in [5.41, 5.74) is 2.14. The first kappa shape index (κ1) is 21.7. The standard InChI is InChI=1S/C29H28O5/c1-18-25(31-17-19-10-4-3-5-11-19)26-27(29(30-2)32-18)34-28(33-26)24-22-14-8-6-12-20(22)16-21-13-7-9-15-23(21)24/h3-16,18,25-29H,17H2,1-2H3/t18-,25-,26+,27+,28-,29+/m0/s1. The average molecular weight is 457 g/mol. The highest BCUT2D eigenvalue weighted by Crippen LogP contribution is 2.44. The van der Waals surface area contributed by atoms with Crippen LogP contribution in [0.1, 0.15) is 24.3 Å². The van der Waals surface area contributed by atoms with Crippen LogP contribution in [0.2, 0.25) is 0 Å². The topological polar surface area (TPSA) is 46.2 Å². The van der Waals surface area contributed by atoms with Gasteiger partial charge in [-0.2, -0.15) is 0 Å². The number of ether oxygens (including phenoxy) is 5. The molecule has 0 unspecified atom stereocenters. The van der Waals surface area contributed by atoms with Gasteiger partial charge in [0.25, 0.3) is 0 Å². The lowest BCUT2D eigenvalue weighted by Crippen LogP contribution is -2.56. The summed E-state index contributed by atoms with van der Waals surface area (Å²) in [5.74, 6) is 0. The summed E-state index contributed by atoms with van der Waals surface area (Å²) in [7, 11) is 1.64. The zero-order chi connectivity index (χ0) is 23.1. The molecule has 6 atom stereocenters. The fraction of sp³-hybridized carbons (Fsp3) is 0.310.